The van der Waals surface area contributed by atoms with Crippen LogP contribution in [0.5, 0.6) is 5.75 Å². The number of carbonyl (C=O) groups is 2. The average molecular weight is 526 g/mol. The molecule has 9 nitrogen and oxygen atoms in total. The molecule has 4 aromatic rings. The van der Waals surface area contributed by atoms with E-state index in [4.69, 9.17) is 9.15 Å². The molecule has 0 N–H and O–H groups in total. The summed E-state index contributed by atoms with van der Waals surface area (Å²) in [6, 6.07) is 24.8. The van der Waals surface area contributed by atoms with Crippen molar-refractivity contribution in [2.75, 3.05) is 51.3 Å². The molecule has 0 radical (unpaired) electrons. The Bertz CT molecular complexity index is 1370. The van der Waals surface area contributed by atoms with E-state index in [1.807, 2.05) is 66.7 Å². The monoisotopic (exact) mass is 525 g/mol. The van der Waals surface area contributed by atoms with E-state index in [0.717, 1.165) is 28.4 Å². The number of hydrogen-bond donors (Lipinski definition) is 0. The van der Waals surface area contributed by atoms with Crippen LogP contribution in [0.2, 0.25) is 0 Å². The van der Waals surface area contributed by atoms with Gasteiger partial charge in [0.25, 0.3) is 5.91 Å². The average Bonchev–Trinajstić information content (AvgIpc) is 3.55. The maximum atomic E-state index is 13.2. The number of anilines is 1. The molecule has 1 aliphatic rings. The number of carbonyl (C=O) groups excluding carboxylic acids is 2. The third-order valence-corrected chi connectivity index (χ3v) is 6.83. The number of amides is 2. The van der Waals surface area contributed by atoms with Gasteiger partial charge in [0.15, 0.2) is 11.6 Å². The molecule has 39 heavy (non-hydrogen) atoms. The van der Waals surface area contributed by atoms with Gasteiger partial charge in [0.05, 0.1) is 19.1 Å². The molecule has 0 spiro atoms. The molecule has 200 valence electrons. The Hall–Kier alpha value is -4.66. The summed E-state index contributed by atoms with van der Waals surface area (Å²) in [5.74, 6) is 1.41. The van der Waals surface area contributed by atoms with Gasteiger partial charge in [0.1, 0.15) is 12.3 Å². The van der Waals surface area contributed by atoms with Crippen LogP contribution in [0.1, 0.15) is 16.1 Å². The van der Waals surface area contributed by atoms with Crippen LogP contribution in [0.4, 0.5) is 5.82 Å². The molecule has 9 heteroatoms. The van der Waals surface area contributed by atoms with E-state index in [1.165, 1.54) is 6.26 Å². The molecular formula is C30H31N5O4. The Kier molecular flexibility index (Phi) is 8.16. The summed E-state index contributed by atoms with van der Waals surface area (Å²) in [4.78, 5) is 31.8. The molecule has 0 aliphatic carbocycles. The van der Waals surface area contributed by atoms with E-state index in [-0.39, 0.29) is 24.1 Å². The van der Waals surface area contributed by atoms with Crippen LogP contribution in [0, 0.1) is 0 Å². The Balaban J connectivity index is 1.18. The Morgan fingerprint density at radius 1 is 0.923 bits per heavy atom. The molecule has 5 rings (SSSR count). The van der Waals surface area contributed by atoms with Crippen LogP contribution in [0.3, 0.4) is 0 Å². The van der Waals surface area contributed by atoms with E-state index in [0.29, 0.717) is 39.1 Å². The van der Waals surface area contributed by atoms with Crippen LogP contribution < -0.4 is 9.64 Å². The smallest absolute Gasteiger partial charge is 0.290 e. The number of ether oxygens (including phenoxy) is 1. The second-order valence-electron chi connectivity index (χ2n) is 9.32. The van der Waals surface area contributed by atoms with Crippen LogP contribution in [0.25, 0.3) is 11.3 Å². The van der Waals surface area contributed by atoms with Gasteiger partial charge >= 0.3 is 0 Å². The SMILES string of the molecule is COc1cccc(-c2ccc(N3CCN(C(=O)CN(CCc4ccccc4)C(=O)c4ccco4)CC3)nn2)c1. The predicted molar refractivity (Wildman–Crippen MR) is 148 cm³/mol. The van der Waals surface area contributed by atoms with Crippen molar-refractivity contribution in [1.82, 2.24) is 20.0 Å². The first-order valence-electron chi connectivity index (χ1n) is 13.0. The van der Waals surface area contributed by atoms with Gasteiger partial charge in [-0.25, -0.2) is 0 Å². The zero-order chi connectivity index (χ0) is 27.0. The van der Waals surface area contributed by atoms with Crippen LogP contribution >= 0.6 is 0 Å². The van der Waals surface area contributed by atoms with Crippen molar-refractivity contribution in [3.8, 4) is 17.0 Å². The number of hydrogen-bond acceptors (Lipinski definition) is 7. The fourth-order valence-corrected chi connectivity index (χ4v) is 4.60. The molecule has 0 unspecified atom stereocenters. The topological polar surface area (TPSA) is 92.0 Å². The van der Waals surface area contributed by atoms with E-state index in [1.54, 1.807) is 29.0 Å². The number of nitrogens with zero attached hydrogens (tertiary/aromatic N) is 5. The maximum absolute atomic E-state index is 13.2. The van der Waals surface area contributed by atoms with Crippen molar-refractivity contribution >= 4 is 17.6 Å². The number of furan rings is 1. The summed E-state index contributed by atoms with van der Waals surface area (Å²) in [6.45, 7) is 2.77. The second-order valence-corrected chi connectivity index (χ2v) is 9.32. The van der Waals surface area contributed by atoms with Crippen molar-refractivity contribution in [3.63, 3.8) is 0 Å². The molecule has 2 amide bonds. The van der Waals surface area contributed by atoms with Gasteiger partial charge in [0, 0.05) is 38.3 Å². The van der Waals surface area contributed by atoms with Gasteiger partial charge in [0.2, 0.25) is 5.91 Å². The van der Waals surface area contributed by atoms with Crippen molar-refractivity contribution < 1.29 is 18.7 Å². The molecule has 0 saturated carbocycles. The Morgan fingerprint density at radius 3 is 2.44 bits per heavy atom. The first-order valence-corrected chi connectivity index (χ1v) is 13.0. The quantitative estimate of drug-likeness (QED) is 0.328. The molecule has 1 aliphatic heterocycles. The molecular weight excluding hydrogens is 494 g/mol. The minimum Gasteiger partial charge on any atom is -0.497 e. The summed E-state index contributed by atoms with van der Waals surface area (Å²) in [5.41, 5.74) is 2.81. The fraction of sp³-hybridized carbons (Fsp3) is 0.267. The highest BCUT2D eigenvalue weighted by molar-refractivity contribution is 5.94. The normalized spacial score (nSPS) is 13.3. The van der Waals surface area contributed by atoms with E-state index in [2.05, 4.69) is 15.1 Å². The minimum atomic E-state index is -0.283. The molecule has 0 atom stereocenters. The lowest BCUT2D eigenvalue weighted by Crippen LogP contribution is -2.52. The van der Waals surface area contributed by atoms with E-state index in [9.17, 15) is 9.59 Å². The van der Waals surface area contributed by atoms with Gasteiger partial charge < -0.3 is 23.9 Å². The molecule has 0 bridgehead atoms. The highest BCUT2D eigenvalue weighted by Gasteiger charge is 2.26. The third-order valence-electron chi connectivity index (χ3n) is 6.83. The van der Waals surface area contributed by atoms with Crippen LogP contribution in [-0.4, -0.2) is 78.2 Å². The van der Waals surface area contributed by atoms with Gasteiger partial charge in [-0.15, -0.1) is 10.2 Å². The first-order chi connectivity index (χ1) is 19.1. The number of benzene rings is 2. The van der Waals surface area contributed by atoms with E-state index < -0.39 is 0 Å². The molecule has 2 aromatic heterocycles. The zero-order valence-corrected chi connectivity index (χ0v) is 21.9. The largest absolute Gasteiger partial charge is 0.497 e. The van der Waals surface area contributed by atoms with Gasteiger partial charge in [-0.2, -0.15) is 0 Å². The van der Waals surface area contributed by atoms with Crippen LogP contribution in [-0.2, 0) is 11.2 Å². The summed E-state index contributed by atoms with van der Waals surface area (Å²) < 4.78 is 10.6. The summed E-state index contributed by atoms with van der Waals surface area (Å²) in [7, 11) is 1.64. The number of rotatable bonds is 9. The van der Waals surface area contributed by atoms with Gasteiger partial charge in [-0.1, -0.05) is 42.5 Å². The lowest BCUT2D eigenvalue weighted by molar-refractivity contribution is -0.132. The number of aromatic nitrogens is 2. The summed E-state index contributed by atoms with van der Waals surface area (Å²) in [6.07, 6.45) is 2.12. The standard InChI is InChI=1S/C30H31N5O4/c1-38-25-10-5-9-24(21-25)26-12-13-28(32-31-26)33-16-18-34(19-17-33)29(36)22-35(30(37)27-11-6-20-39-27)15-14-23-7-3-2-4-8-23/h2-13,20-21H,14-19,22H2,1H3. The van der Waals surface area contributed by atoms with Crippen molar-refractivity contribution in [1.29, 1.82) is 0 Å². The Morgan fingerprint density at radius 2 is 1.74 bits per heavy atom. The van der Waals surface area contributed by atoms with Crippen molar-refractivity contribution in [2.45, 2.75) is 6.42 Å². The second kappa shape index (κ2) is 12.3. The van der Waals surface area contributed by atoms with Crippen molar-refractivity contribution in [3.05, 3.63) is 96.4 Å². The van der Waals surface area contributed by atoms with Crippen LogP contribution in [0.15, 0.2) is 89.5 Å². The molecule has 1 fully saturated rings. The lowest BCUT2D eigenvalue weighted by Gasteiger charge is -2.36. The Labute approximate surface area is 227 Å². The van der Waals surface area contributed by atoms with E-state index >= 15 is 0 Å². The fourth-order valence-electron chi connectivity index (χ4n) is 4.60. The van der Waals surface area contributed by atoms with Gasteiger partial charge in [-0.3, -0.25) is 9.59 Å². The lowest BCUT2D eigenvalue weighted by atomic mass is 10.1. The van der Waals surface area contributed by atoms with Crippen molar-refractivity contribution in [2.24, 2.45) is 0 Å². The third kappa shape index (κ3) is 6.43. The molecule has 2 aromatic carbocycles. The molecule has 3 heterocycles. The van der Waals surface area contributed by atoms with Gasteiger partial charge in [-0.05, 0) is 48.4 Å². The minimum absolute atomic E-state index is 0.00140. The summed E-state index contributed by atoms with van der Waals surface area (Å²) in [5, 5.41) is 8.83. The maximum Gasteiger partial charge on any atom is 0.290 e. The zero-order valence-electron chi connectivity index (χ0n) is 21.9. The summed E-state index contributed by atoms with van der Waals surface area (Å²) >= 11 is 0. The number of piperazine rings is 1. The first kappa shape index (κ1) is 26.0. The number of methoxy groups -OCH3 is 1. The highest BCUT2D eigenvalue weighted by Crippen LogP contribution is 2.23. The molecule has 1 saturated heterocycles. The highest BCUT2D eigenvalue weighted by atomic mass is 16.5. The predicted octanol–water partition coefficient (Wildman–Crippen LogP) is 3.78.